The molecule has 0 aliphatic carbocycles. The van der Waals surface area contributed by atoms with E-state index in [-0.39, 0.29) is 82.3 Å². The van der Waals surface area contributed by atoms with Gasteiger partial charge in [-0.2, -0.15) is 18.2 Å². The van der Waals surface area contributed by atoms with Crippen LogP contribution in [-0.2, 0) is 70.6 Å². The van der Waals surface area contributed by atoms with Crippen LogP contribution in [-0.4, -0.2) is 3.21 Å². The minimum atomic E-state index is -5.22. The molecule has 64 heavy (non-hydrogen) atoms. The van der Waals surface area contributed by atoms with Crippen molar-refractivity contribution in [2.24, 2.45) is 0 Å². The normalized spacial score (nSPS) is 13.4. The molecular weight excluding hydrogens is 932 g/mol. The first-order valence-corrected chi connectivity index (χ1v) is 21.5. The Labute approximate surface area is 382 Å². The Hall–Kier alpha value is -3.99. The number of benzene rings is 4. The van der Waals surface area contributed by atoms with Gasteiger partial charge in [0.25, 0.3) is 0 Å². The van der Waals surface area contributed by atoms with Crippen molar-refractivity contribution in [3.05, 3.63) is 153 Å². The van der Waals surface area contributed by atoms with E-state index in [9.17, 15) is 52.7 Å². The van der Waals surface area contributed by atoms with E-state index >= 15 is 0 Å². The predicted molar refractivity (Wildman–Crippen MR) is 230 cm³/mol. The summed E-state index contributed by atoms with van der Waals surface area (Å²) in [6.07, 6.45) is -20.9. The fourth-order valence-electron chi connectivity index (χ4n) is 7.27. The van der Waals surface area contributed by atoms with Gasteiger partial charge < -0.3 is 0 Å². The molecule has 0 heterocycles. The van der Waals surface area contributed by atoms with Crippen LogP contribution in [0.25, 0.3) is 21.5 Å². The van der Waals surface area contributed by atoms with Crippen molar-refractivity contribution >= 4 is 24.8 Å². The fourth-order valence-corrected chi connectivity index (χ4v) is 7.98. The van der Waals surface area contributed by atoms with Gasteiger partial charge >= 0.3 is 175 Å². The third-order valence-corrected chi connectivity index (χ3v) is 11.9. The Morgan fingerprint density at radius 3 is 0.828 bits per heavy atom. The molecule has 0 saturated heterocycles. The molecule has 0 aliphatic rings. The van der Waals surface area contributed by atoms with Crippen molar-refractivity contribution in [3.63, 3.8) is 0 Å². The molecule has 0 atom stereocenters. The summed E-state index contributed by atoms with van der Waals surface area (Å²) in [6.45, 7) is 28.0. The summed E-state index contributed by atoms with van der Waals surface area (Å²) in [7, 11) is 0. The van der Waals surface area contributed by atoms with Crippen LogP contribution in [0.15, 0.2) is 97.1 Å². The number of hydrogen-bond acceptors (Lipinski definition) is 0. The molecule has 0 bridgehead atoms. The van der Waals surface area contributed by atoms with Crippen molar-refractivity contribution in [2.45, 2.75) is 129 Å². The number of alkyl halides is 12. The summed E-state index contributed by atoms with van der Waals surface area (Å²) >= 11 is -0.00108. The molecule has 0 aromatic heterocycles. The Bertz CT molecular complexity index is 2340. The predicted octanol–water partition coefficient (Wildman–Crippen LogP) is 17.2. The van der Waals surface area contributed by atoms with Crippen LogP contribution < -0.4 is 0 Å². The molecular formula is C51H52F12Zr. The first kappa shape index (κ1) is 52.6. The second kappa shape index (κ2) is 18.0. The zero-order valence-corrected chi connectivity index (χ0v) is 40.2. The van der Waals surface area contributed by atoms with E-state index in [2.05, 4.69) is 113 Å². The van der Waals surface area contributed by atoms with E-state index in [0.29, 0.717) is 0 Å². The van der Waals surface area contributed by atoms with Crippen LogP contribution in [0.5, 0.6) is 0 Å². The average Bonchev–Trinajstić information content (AvgIpc) is 3.82. The summed E-state index contributed by atoms with van der Waals surface area (Å²) in [5.74, 6) is 0. The smallest absolute Gasteiger partial charge is 0.172 e. The standard InChI is InChI=1S/C29H41.C17H6F12.C5H5.Zr/c1-26(2,3)22-14-18-13-19-15-23(27(4,5)6)25(29(10,11)12)17-21(19)20(18)16-24(22)28(7,8)9;18-14(19,20)10-2-8(3-11(6-10)15(21,22)23)1-9-4-12(16(24,25)26)7-13(5-9)17(27,28)29;1-2-4-5-3-1;/h13-17H,1-12H3;2-7H;1-5H;/q-1;;-1;+2. The second-order valence-electron chi connectivity index (χ2n) is 20.0. The van der Waals surface area contributed by atoms with Crippen LogP contribution >= 0.6 is 0 Å². The van der Waals surface area contributed by atoms with Gasteiger partial charge in [-0.1, -0.05) is 117 Å². The molecule has 0 aliphatic heterocycles. The molecule has 0 unspecified atom stereocenters. The first-order chi connectivity index (χ1) is 28.7. The molecule has 0 saturated carbocycles. The molecule has 13 heteroatoms. The molecule has 344 valence electrons. The monoisotopic (exact) mass is 982 g/mol. The summed E-state index contributed by atoms with van der Waals surface area (Å²) in [6, 6.07) is 22.9. The van der Waals surface area contributed by atoms with Crippen LogP contribution in [0.2, 0.25) is 0 Å². The second-order valence-corrected chi connectivity index (χ2v) is 21.3. The van der Waals surface area contributed by atoms with Gasteiger partial charge in [0.1, 0.15) is 0 Å². The third kappa shape index (κ3) is 12.9. The number of halogens is 12. The summed E-state index contributed by atoms with van der Waals surface area (Å²) < 4.78 is 155. The number of fused-ring (bicyclic) bond motifs is 3. The van der Waals surface area contributed by atoms with Gasteiger partial charge in [0.2, 0.25) is 0 Å². The molecule has 0 radical (unpaired) electrons. The van der Waals surface area contributed by atoms with Crippen LogP contribution in [0.3, 0.4) is 0 Å². The summed E-state index contributed by atoms with van der Waals surface area (Å²) in [4.78, 5) is 0. The van der Waals surface area contributed by atoms with Crippen LogP contribution in [0.1, 0.15) is 139 Å². The third-order valence-electron chi connectivity index (χ3n) is 10.5. The zero-order chi connectivity index (χ0) is 49.0. The van der Waals surface area contributed by atoms with Crippen LogP contribution in [0.4, 0.5) is 52.7 Å². The molecule has 0 fully saturated rings. The van der Waals surface area contributed by atoms with Crippen LogP contribution in [0, 0.1) is 0 Å². The van der Waals surface area contributed by atoms with E-state index < -0.39 is 61.3 Å². The Morgan fingerprint density at radius 1 is 0.375 bits per heavy atom. The summed E-state index contributed by atoms with van der Waals surface area (Å²) in [5.41, 5.74) is -2.14. The maximum absolute atomic E-state index is 13.0. The largest absolute Gasteiger partial charge is 0.214 e. The van der Waals surface area contributed by atoms with Crippen molar-refractivity contribution < 1.29 is 76.9 Å². The number of hydrogen-bond donors (Lipinski definition) is 0. The Kier molecular flexibility index (Phi) is 14.8. The maximum Gasteiger partial charge on any atom is -0.172 e. The Morgan fingerprint density at radius 2 is 0.625 bits per heavy atom. The maximum atomic E-state index is 13.0. The number of rotatable bonds is 2. The minimum Gasteiger partial charge on any atom is -0.214 e. The quantitative estimate of drug-likeness (QED) is 0.120. The van der Waals surface area contributed by atoms with Crippen molar-refractivity contribution in [1.82, 2.24) is 0 Å². The SMILES string of the molecule is CC(C)(C)c1cc2[cH-]c3cc(C(C)(C)C)c(C(C)(C)C)cc3c2cc1C(C)(C)C.FC(F)(F)c1cc([C](=[Zr+2])c2cc(C(F)(F)F)cc(C(F)(F)F)c2)cc(C(F)(F)F)c1.c1cc[cH-]c1. The molecule has 6 aromatic carbocycles. The molecule has 0 spiro atoms. The van der Waals surface area contributed by atoms with Gasteiger partial charge in [-0.3, -0.25) is 0 Å². The Balaban J connectivity index is 0.000000252. The van der Waals surface area contributed by atoms with E-state index in [1.54, 1.807) is 0 Å². The van der Waals surface area contributed by atoms with Crippen molar-refractivity contribution in [3.8, 4) is 0 Å². The first-order valence-electron chi connectivity index (χ1n) is 20.3. The van der Waals surface area contributed by atoms with E-state index in [0.717, 1.165) is 0 Å². The topological polar surface area (TPSA) is 0 Å². The fraction of sp³-hybridized carbons (Fsp3) is 0.392. The molecule has 6 aromatic rings. The summed E-state index contributed by atoms with van der Waals surface area (Å²) in [5, 5.41) is 5.57. The van der Waals surface area contributed by atoms with Gasteiger partial charge in [-0.05, 0) is 21.7 Å². The van der Waals surface area contributed by atoms with E-state index in [1.807, 2.05) is 30.3 Å². The molecule has 0 amide bonds. The average molecular weight is 984 g/mol. The van der Waals surface area contributed by atoms with Gasteiger partial charge in [0.15, 0.2) is 0 Å². The van der Waals surface area contributed by atoms with Gasteiger partial charge in [0, 0.05) is 0 Å². The molecule has 6 rings (SSSR count). The van der Waals surface area contributed by atoms with Gasteiger partial charge in [-0.25, -0.2) is 12.1 Å². The molecule has 0 nitrogen and oxygen atoms in total. The minimum absolute atomic E-state index is 0.00108. The zero-order valence-electron chi connectivity index (χ0n) is 37.8. The van der Waals surface area contributed by atoms with E-state index in [4.69, 9.17) is 0 Å². The van der Waals surface area contributed by atoms with Gasteiger partial charge in [-0.15, -0.1) is 39.7 Å². The van der Waals surface area contributed by atoms with Crippen molar-refractivity contribution in [1.29, 1.82) is 0 Å². The molecule has 0 N–H and O–H groups in total. The van der Waals surface area contributed by atoms with Crippen molar-refractivity contribution in [2.75, 3.05) is 0 Å². The van der Waals surface area contributed by atoms with Gasteiger partial charge in [0.05, 0.1) is 0 Å². The van der Waals surface area contributed by atoms with E-state index in [1.165, 1.54) is 43.8 Å².